The van der Waals surface area contributed by atoms with E-state index in [0.717, 1.165) is 11.1 Å². The second-order valence-electron chi connectivity index (χ2n) is 14.4. The maximum absolute atomic E-state index is 3.45. The van der Waals surface area contributed by atoms with Crippen LogP contribution in [0, 0.1) is 11.8 Å². The molecule has 0 aliphatic carbocycles. The standard InChI is InChI=1S/C28H46Si6/c1-29(2)27-30(3,4)33(9,10)28(32(29,7)8,34(11,12)31(27,5)6)26-22-20-25(21-23-26)19-18-24-16-14-13-15-17-24/h13-17,20-23,27H,1-12H3. The van der Waals surface area contributed by atoms with Crippen molar-refractivity contribution in [3.8, 4) is 11.8 Å². The largest absolute Gasteiger partial charge is 0.0715 e. The smallest absolute Gasteiger partial charge is 0.0461 e. The van der Waals surface area contributed by atoms with Gasteiger partial charge in [-0.15, -0.1) is 0 Å². The lowest BCUT2D eigenvalue weighted by molar-refractivity contribution is 1.02. The maximum atomic E-state index is 3.45. The van der Waals surface area contributed by atoms with E-state index in [4.69, 9.17) is 0 Å². The van der Waals surface area contributed by atoms with Crippen LogP contribution < -0.4 is 0 Å². The molecule has 0 N–H and O–H groups in total. The van der Waals surface area contributed by atoms with Crippen molar-refractivity contribution in [3.63, 3.8) is 0 Å². The molecule has 182 valence electrons. The summed E-state index contributed by atoms with van der Waals surface area (Å²) in [6.45, 7) is 34.5. The Morgan fingerprint density at radius 2 is 0.853 bits per heavy atom. The van der Waals surface area contributed by atoms with E-state index < -0.39 is 45.5 Å². The van der Waals surface area contributed by atoms with Crippen LogP contribution >= 0.6 is 0 Å². The van der Waals surface area contributed by atoms with E-state index in [-0.39, 0.29) is 0 Å². The van der Waals surface area contributed by atoms with Gasteiger partial charge in [0.05, 0.1) is 0 Å². The molecule has 2 aromatic rings. The minimum absolute atomic E-state index is 0.578. The Kier molecular flexibility index (Phi) is 5.94. The molecule has 34 heavy (non-hydrogen) atoms. The van der Waals surface area contributed by atoms with Gasteiger partial charge < -0.3 is 0 Å². The molecule has 5 rings (SSSR count). The first-order valence-corrected chi connectivity index (χ1v) is 34.3. The van der Waals surface area contributed by atoms with E-state index in [1.54, 1.807) is 5.56 Å². The minimum Gasteiger partial charge on any atom is -0.0715 e. The Hall–Kier alpha value is -0.699. The van der Waals surface area contributed by atoms with Crippen molar-refractivity contribution in [1.82, 2.24) is 0 Å². The molecule has 2 aromatic carbocycles. The van der Waals surface area contributed by atoms with Crippen molar-refractivity contribution in [2.45, 2.75) is 87.6 Å². The van der Waals surface area contributed by atoms with Gasteiger partial charge in [0.1, 0.15) is 0 Å². The molecule has 0 atom stereocenters. The lowest BCUT2D eigenvalue weighted by atomic mass is 10.1. The second kappa shape index (κ2) is 7.65. The molecule has 3 aliphatic rings. The fourth-order valence-electron chi connectivity index (χ4n) is 10.1. The highest BCUT2D eigenvalue weighted by atomic mass is 29.4. The first kappa shape index (κ1) is 26.4. The average Bonchev–Trinajstić information content (AvgIpc) is 2.71. The predicted molar refractivity (Wildman–Crippen MR) is 169 cm³/mol. The molecule has 3 saturated heterocycles. The van der Waals surface area contributed by atoms with Crippen LogP contribution in [-0.4, -0.2) is 45.5 Å². The van der Waals surface area contributed by atoms with E-state index in [9.17, 15) is 0 Å². The quantitative estimate of drug-likeness (QED) is 0.250. The van der Waals surface area contributed by atoms with Gasteiger partial charge in [-0.05, 0) is 28.6 Å². The first-order valence-electron chi connectivity index (χ1n) is 13.1. The Morgan fingerprint density at radius 3 is 1.24 bits per heavy atom. The van der Waals surface area contributed by atoms with E-state index in [0.29, 0.717) is 4.28 Å². The molecule has 3 heterocycles. The topological polar surface area (TPSA) is 0 Å². The van der Waals surface area contributed by atoms with Gasteiger partial charge >= 0.3 is 0 Å². The van der Waals surface area contributed by atoms with Gasteiger partial charge in [-0.25, -0.2) is 0 Å². The summed E-state index contributed by atoms with van der Waals surface area (Å²) in [6, 6.07) is 20.3. The normalized spacial score (nSPS) is 30.8. The third-order valence-electron chi connectivity index (χ3n) is 12.3. The molecule has 0 spiro atoms. The monoisotopic (exact) mass is 550 g/mol. The van der Waals surface area contributed by atoms with Gasteiger partial charge in [0.15, 0.2) is 0 Å². The number of hydrogen-bond donors (Lipinski definition) is 0. The third kappa shape index (κ3) is 2.86. The molecule has 6 heteroatoms. The lowest BCUT2D eigenvalue weighted by Crippen LogP contribution is -3.04. The van der Waals surface area contributed by atoms with E-state index in [2.05, 4.69) is 145 Å². The molecule has 3 aliphatic heterocycles. The SMILES string of the molecule is C[Si]1(C)C2[Si](C)(C)[Si](C)(C)C(c3ccc(C#Cc4ccccc4)cc3)([Si]1(C)C)[Si](C)(C)[Si]2(C)C. The van der Waals surface area contributed by atoms with Gasteiger partial charge in [0.25, 0.3) is 0 Å². The lowest BCUT2D eigenvalue weighted by Gasteiger charge is -2.85. The zero-order valence-corrected chi connectivity index (χ0v) is 29.8. The van der Waals surface area contributed by atoms with Crippen LogP contribution in [0.25, 0.3) is 0 Å². The Labute approximate surface area is 215 Å². The summed E-state index contributed by atoms with van der Waals surface area (Å²) in [5.41, 5.74) is 4.03. The van der Waals surface area contributed by atoms with Gasteiger partial charge in [-0.2, -0.15) is 0 Å². The van der Waals surface area contributed by atoms with Crippen LogP contribution in [0.3, 0.4) is 0 Å². The predicted octanol–water partition coefficient (Wildman–Crippen LogP) is 7.90. The van der Waals surface area contributed by atoms with Crippen molar-refractivity contribution in [3.05, 3.63) is 71.3 Å². The van der Waals surface area contributed by atoms with Crippen LogP contribution in [0.5, 0.6) is 0 Å². The van der Waals surface area contributed by atoms with Crippen molar-refractivity contribution in [2.24, 2.45) is 0 Å². The molecule has 0 saturated carbocycles. The summed E-state index contributed by atoms with van der Waals surface area (Å²) in [4.78, 5) is 1.20. The Morgan fingerprint density at radius 1 is 0.500 bits per heavy atom. The third-order valence-corrected chi connectivity index (χ3v) is 102. The highest BCUT2D eigenvalue weighted by molar-refractivity contribution is 7.76. The molecule has 3 fully saturated rings. The van der Waals surface area contributed by atoms with Crippen molar-refractivity contribution in [1.29, 1.82) is 0 Å². The molecular weight excluding hydrogens is 505 g/mol. The zero-order valence-electron chi connectivity index (χ0n) is 23.8. The van der Waals surface area contributed by atoms with Crippen molar-refractivity contribution < 1.29 is 0 Å². The van der Waals surface area contributed by atoms with Crippen LogP contribution in [0.4, 0.5) is 0 Å². The number of fused-ring (bicyclic) bond motifs is 3. The molecule has 0 unspecified atom stereocenters. The average molecular weight is 551 g/mol. The highest BCUT2D eigenvalue weighted by Crippen LogP contribution is 2.71. The fraction of sp³-hybridized carbons (Fsp3) is 0.500. The van der Waals surface area contributed by atoms with Crippen LogP contribution in [0.15, 0.2) is 54.6 Å². The van der Waals surface area contributed by atoms with E-state index in [1.165, 1.54) is 4.79 Å². The second-order valence-corrected chi connectivity index (χ2v) is 64.6. The Bertz CT molecular complexity index is 1090. The summed E-state index contributed by atoms with van der Waals surface area (Å²) in [5, 5.41) is 0. The van der Waals surface area contributed by atoms with E-state index in [1.807, 2.05) is 0 Å². The molecular formula is C28H46Si6. The fourth-order valence-corrected chi connectivity index (χ4v) is 155. The van der Waals surface area contributed by atoms with Gasteiger partial charge in [-0.1, -0.05) is 131 Å². The number of benzene rings is 2. The zero-order chi connectivity index (χ0) is 25.6. The van der Waals surface area contributed by atoms with Gasteiger partial charge in [-0.3, -0.25) is 0 Å². The minimum atomic E-state index is -1.53. The Balaban J connectivity index is 1.98. The van der Waals surface area contributed by atoms with Crippen molar-refractivity contribution >= 4 is 45.5 Å². The van der Waals surface area contributed by atoms with E-state index >= 15 is 0 Å². The summed E-state index contributed by atoms with van der Waals surface area (Å²) in [5.74, 6) is 6.83. The van der Waals surface area contributed by atoms with Gasteiger partial charge in [0.2, 0.25) is 0 Å². The van der Waals surface area contributed by atoms with Crippen LogP contribution in [0.2, 0.25) is 83.4 Å². The van der Waals surface area contributed by atoms with Gasteiger partial charge in [0, 0.05) is 56.7 Å². The summed E-state index contributed by atoms with van der Waals surface area (Å²) in [7, 11) is -8.70. The molecule has 0 nitrogen and oxygen atoms in total. The van der Waals surface area contributed by atoms with Crippen LogP contribution in [0.1, 0.15) is 16.7 Å². The highest BCUT2D eigenvalue weighted by Gasteiger charge is 2.87. The van der Waals surface area contributed by atoms with Crippen molar-refractivity contribution in [2.75, 3.05) is 0 Å². The van der Waals surface area contributed by atoms with Crippen LogP contribution in [-0.2, 0) is 4.28 Å². The number of rotatable bonds is 1. The molecule has 2 bridgehead atoms. The molecule has 0 amide bonds. The molecule has 0 radical (unpaired) electrons. The molecule has 0 aromatic heterocycles. The summed E-state index contributed by atoms with van der Waals surface area (Å²) in [6.07, 6.45) is 0. The first-order chi connectivity index (χ1) is 15.4. The summed E-state index contributed by atoms with van der Waals surface area (Å²) < 4.78 is 0.578. The maximum Gasteiger partial charge on any atom is 0.0461 e. The number of hydrogen-bond acceptors (Lipinski definition) is 0. The summed E-state index contributed by atoms with van der Waals surface area (Å²) >= 11 is 0.